The molecule has 0 spiro atoms. The first kappa shape index (κ1) is 31.0. The summed E-state index contributed by atoms with van der Waals surface area (Å²) in [7, 11) is 0. The van der Waals surface area contributed by atoms with E-state index >= 15 is 0 Å². The second-order valence-corrected chi connectivity index (χ2v) is 14.8. The maximum atomic E-state index is 6.70. The highest BCUT2D eigenvalue weighted by Gasteiger charge is 2.22. The number of hydrogen-bond acceptors (Lipinski definition) is 2. The lowest BCUT2D eigenvalue weighted by molar-refractivity contribution is 0.658. The van der Waals surface area contributed by atoms with Gasteiger partial charge in [0.25, 0.3) is 0 Å². The van der Waals surface area contributed by atoms with Gasteiger partial charge in [-0.2, -0.15) is 0 Å². The fourth-order valence-corrected chi connectivity index (χ4v) is 9.10. The van der Waals surface area contributed by atoms with E-state index in [0.717, 1.165) is 60.6 Å². The van der Waals surface area contributed by atoms with Gasteiger partial charge in [0.05, 0.1) is 5.56 Å². The van der Waals surface area contributed by atoms with Gasteiger partial charge in [-0.1, -0.05) is 158 Å². The van der Waals surface area contributed by atoms with Crippen LogP contribution in [-0.4, -0.2) is 0 Å². The number of benzene rings is 10. The third-order valence-electron chi connectivity index (χ3n) is 11.6. The minimum absolute atomic E-state index is 0.839. The standard InChI is InChI=1S/C54H32O2/c1-2-14-34-29-36(28-27-33(34)13-1)35-15-11-16-37(30-35)50-42-21-3-5-23-44(42)51(45-24-6-4-22-43(45)50)38-17-12-18-39(31-38)52-53-46(40-19-7-9-25-48(40)55-53)32-47-41-20-8-10-26-49(41)56-54(47)52/h1-32H. The molecule has 2 nitrogen and oxygen atoms in total. The summed E-state index contributed by atoms with van der Waals surface area (Å²) in [4.78, 5) is 0. The van der Waals surface area contributed by atoms with E-state index in [1.54, 1.807) is 0 Å². The summed E-state index contributed by atoms with van der Waals surface area (Å²) in [5, 5.41) is 11.8. The minimum atomic E-state index is 0.839. The molecule has 2 aromatic heterocycles. The number of furan rings is 2. The van der Waals surface area contributed by atoms with Crippen LogP contribution in [0.4, 0.5) is 0 Å². The lowest BCUT2D eigenvalue weighted by Gasteiger charge is -2.18. The van der Waals surface area contributed by atoms with Crippen molar-refractivity contribution < 1.29 is 8.83 Å². The molecular weight excluding hydrogens is 681 g/mol. The van der Waals surface area contributed by atoms with Crippen molar-refractivity contribution in [2.24, 2.45) is 0 Å². The molecule has 0 aliphatic heterocycles. The van der Waals surface area contributed by atoms with E-state index in [1.165, 1.54) is 60.1 Å². The average Bonchev–Trinajstić information content (AvgIpc) is 3.82. The van der Waals surface area contributed by atoms with Crippen molar-refractivity contribution in [3.63, 3.8) is 0 Å². The van der Waals surface area contributed by atoms with E-state index < -0.39 is 0 Å². The Labute approximate surface area is 322 Å². The molecule has 56 heavy (non-hydrogen) atoms. The van der Waals surface area contributed by atoms with Gasteiger partial charge in [-0.05, 0) is 108 Å². The summed E-state index contributed by atoms with van der Waals surface area (Å²) in [6.45, 7) is 0. The summed E-state index contributed by atoms with van der Waals surface area (Å²) < 4.78 is 13.4. The third-order valence-corrected chi connectivity index (χ3v) is 11.6. The molecule has 0 saturated heterocycles. The van der Waals surface area contributed by atoms with E-state index in [4.69, 9.17) is 8.83 Å². The lowest BCUT2D eigenvalue weighted by atomic mass is 9.85. The predicted molar refractivity (Wildman–Crippen MR) is 235 cm³/mol. The Kier molecular flexibility index (Phi) is 6.66. The summed E-state index contributed by atoms with van der Waals surface area (Å²) in [6, 6.07) is 69.9. The van der Waals surface area contributed by atoms with Gasteiger partial charge in [0.2, 0.25) is 0 Å². The zero-order chi connectivity index (χ0) is 36.7. The lowest BCUT2D eigenvalue weighted by Crippen LogP contribution is -1.92. The van der Waals surface area contributed by atoms with E-state index in [-0.39, 0.29) is 0 Å². The fraction of sp³-hybridized carbons (Fsp3) is 0. The maximum Gasteiger partial charge on any atom is 0.147 e. The predicted octanol–water partition coefficient (Wildman–Crippen LogP) is 15.6. The summed E-state index contributed by atoms with van der Waals surface area (Å²) in [5.74, 6) is 0. The van der Waals surface area contributed by atoms with Crippen LogP contribution < -0.4 is 0 Å². The molecular formula is C54H32O2. The van der Waals surface area contributed by atoms with Crippen LogP contribution in [0.5, 0.6) is 0 Å². The summed E-state index contributed by atoms with van der Waals surface area (Å²) in [5.41, 5.74) is 12.7. The molecule has 0 aliphatic rings. The highest BCUT2D eigenvalue weighted by molar-refractivity contribution is 6.24. The van der Waals surface area contributed by atoms with Gasteiger partial charge in [-0.3, -0.25) is 0 Å². The highest BCUT2D eigenvalue weighted by Crippen LogP contribution is 2.48. The van der Waals surface area contributed by atoms with Gasteiger partial charge in [0.15, 0.2) is 0 Å². The molecule has 0 saturated carbocycles. The van der Waals surface area contributed by atoms with Crippen LogP contribution in [-0.2, 0) is 0 Å². The van der Waals surface area contributed by atoms with Crippen molar-refractivity contribution in [2.75, 3.05) is 0 Å². The van der Waals surface area contributed by atoms with Gasteiger partial charge in [0.1, 0.15) is 22.3 Å². The first-order valence-corrected chi connectivity index (χ1v) is 19.2. The van der Waals surface area contributed by atoms with Gasteiger partial charge < -0.3 is 8.83 Å². The Bertz CT molecular complexity index is 3400. The van der Waals surface area contributed by atoms with Crippen LogP contribution >= 0.6 is 0 Å². The van der Waals surface area contributed by atoms with Crippen LogP contribution in [0.1, 0.15) is 0 Å². The van der Waals surface area contributed by atoms with Crippen LogP contribution in [0.15, 0.2) is 203 Å². The number of fused-ring (bicyclic) bond motifs is 9. The molecule has 2 heteroatoms. The fourth-order valence-electron chi connectivity index (χ4n) is 9.10. The molecule has 260 valence electrons. The van der Waals surface area contributed by atoms with Crippen molar-refractivity contribution in [3.05, 3.63) is 194 Å². The van der Waals surface area contributed by atoms with Gasteiger partial charge in [-0.15, -0.1) is 0 Å². The molecule has 12 aromatic rings. The normalized spacial score (nSPS) is 11.9. The van der Waals surface area contributed by atoms with Crippen molar-refractivity contribution >= 4 is 76.2 Å². The zero-order valence-corrected chi connectivity index (χ0v) is 30.3. The monoisotopic (exact) mass is 712 g/mol. The van der Waals surface area contributed by atoms with Gasteiger partial charge in [-0.25, -0.2) is 0 Å². The van der Waals surface area contributed by atoms with Gasteiger partial charge in [0, 0.05) is 21.5 Å². The minimum Gasteiger partial charge on any atom is -0.455 e. The number of hydrogen-bond donors (Lipinski definition) is 0. The second kappa shape index (κ2) is 12.0. The van der Waals surface area contributed by atoms with E-state index in [1.807, 2.05) is 24.3 Å². The third kappa shape index (κ3) is 4.63. The molecule has 0 atom stereocenters. The molecule has 0 fully saturated rings. The van der Waals surface area contributed by atoms with Crippen molar-refractivity contribution in [1.29, 1.82) is 0 Å². The first-order valence-electron chi connectivity index (χ1n) is 19.2. The van der Waals surface area contributed by atoms with Crippen LogP contribution in [0.2, 0.25) is 0 Å². The molecule has 2 heterocycles. The SMILES string of the molecule is c1cc(-c2ccc3ccccc3c2)cc(-c2c3ccccc3c(-c3cccc(-c4c5oc6ccccc6c5cc5c4oc4ccccc45)c3)c3ccccc23)c1. The molecule has 12 rings (SSSR count). The molecule has 0 bridgehead atoms. The van der Waals surface area contributed by atoms with Crippen molar-refractivity contribution in [1.82, 2.24) is 0 Å². The second-order valence-electron chi connectivity index (χ2n) is 14.8. The molecule has 0 N–H and O–H groups in total. The average molecular weight is 713 g/mol. The molecule has 0 aliphatic carbocycles. The first-order chi connectivity index (χ1) is 27.8. The Morgan fingerprint density at radius 1 is 0.232 bits per heavy atom. The quantitative estimate of drug-likeness (QED) is 0.170. The Morgan fingerprint density at radius 3 is 1.20 bits per heavy atom. The van der Waals surface area contributed by atoms with Crippen LogP contribution in [0, 0.1) is 0 Å². The van der Waals surface area contributed by atoms with Crippen molar-refractivity contribution in [2.45, 2.75) is 0 Å². The van der Waals surface area contributed by atoms with Crippen LogP contribution in [0.25, 0.3) is 121 Å². The Morgan fingerprint density at radius 2 is 0.643 bits per heavy atom. The summed E-state index contributed by atoms with van der Waals surface area (Å²) >= 11 is 0. The van der Waals surface area contributed by atoms with E-state index in [2.05, 4.69) is 170 Å². The zero-order valence-electron chi connectivity index (χ0n) is 30.3. The van der Waals surface area contributed by atoms with E-state index in [9.17, 15) is 0 Å². The molecule has 0 amide bonds. The summed E-state index contributed by atoms with van der Waals surface area (Å²) in [6.07, 6.45) is 0. The molecule has 0 unspecified atom stereocenters. The number of rotatable bonds is 4. The molecule has 0 radical (unpaired) electrons. The largest absolute Gasteiger partial charge is 0.455 e. The van der Waals surface area contributed by atoms with Crippen LogP contribution in [0.3, 0.4) is 0 Å². The topological polar surface area (TPSA) is 26.3 Å². The Balaban J connectivity index is 1.10. The number of para-hydroxylation sites is 2. The van der Waals surface area contributed by atoms with Gasteiger partial charge >= 0.3 is 0 Å². The highest BCUT2D eigenvalue weighted by atomic mass is 16.3. The Hall–Kier alpha value is -7.42. The maximum absolute atomic E-state index is 6.70. The van der Waals surface area contributed by atoms with E-state index in [0.29, 0.717) is 0 Å². The van der Waals surface area contributed by atoms with Crippen molar-refractivity contribution in [3.8, 4) is 44.5 Å². The molecule has 10 aromatic carbocycles. The smallest absolute Gasteiger partial charge is 0.147 e.